The minimum absolute atomic E-state index is 0.0585. The van der Waals surface area contributed by atoms with Crippen LogP contribution in [-0.2, 0) is 17.4 Å². The van der Waals surface area contributed by atoms with Crippen molar-refractivity contribution in [3.05, 3.63) is 22.8 Å². The zero-order valence-corrected chi connectivity index (χ0v) is 10.3. The van der Waals surface area contributed by atoms with Crippen LogP contribution in [0.2, 0.25) is 5.02 Å². The minimum Gasteiger partial charge on any atom is -0.392 e. The summed E-state index contributed by atoms with van der Waals surface area (Å²) in [5.41, 5.74) is 0.703. The van der Waals surface area contributed by atoms with Crippen LogP contribution in [0.15, 0.2) is 12.3 Å². The molecule has 4 nitrogen and oxygen atoms in total. The number of pyridine rings is 1. The first-order valence-electron chi connectivity index (χ1n) is 5.06. The molecule has 0 saturated carbocycles. The van der Waals surface area contributed by atoms with Gasteiger partial charge in [0.05, 0.1) is 11.6 Å². The summed E-state index contributed by atoms with van der Waals surface area (Å²) < 4.78 is 11.2. The molecule has 0 atom stereocenters. The zero-order chi connectivity index (χ0) is 11.5. The number of halogens is 1. The van der Waals surface area contributed by atoms with Crippen LogP contribution >= 0.6 is 11.6 Å². The van der Waals surface area contributed by atoms with Crippen molar-refractivity contribution in [3.8, 4) is 0 Å². The molecule has 16 heavy (non-hydrogen) atoms. The van der Waals surface area contributed by atoms with Gasteiger partial charge in [0.15, 0.2) is 0 Å². The molecule has 1 N–H and O–H groups in total. The van der Waals surface area contributed by atoms with Crippen molar-refractivity contribution in [1.29, 1.82) is 0 Å². The fraction of sp³-hybridized carbons (Fsp3) is 0.500. The molecule has 0 spiro atoms. The molecule has 1 aromatic rings. The molecule has 0 bridgehead atoms. The third-order valence-corrected chi connectivity index (χ3v) is 4.09. The molecule has 1 aliphatic heterocycles. The molecule has 0 amide bonds. The van der Waals surface area contributed by atoms with Crippen molar-refractivity contribution in [1.82, 2.24) is 4.98 Å². The molecule has 6 heteroatoms. The van der Waals surface area contributed by atoms with E-state index in [1.165, 1.54) is 0 Å². The number of hydrogen-bond acceptors (Lipinski definition) is 4. The van der Waals surface area contributed by atoms with Crippen LogP contribution in [0.4, 0.5) is 5.82 Å². The van der Waals surface area contributed by atoms with E-state index in [1.807, 2.05) is 4.90 Å². The van der Waals surface area contributed by atoms with Crippen LogP contribution in [0.1, 0.15) is 5.56 Å². The lowest BCUT2D eigenvalue weighted by atomic mass is 10.3. The molecule has 0 radical (unpaired) electrons. The number of rotatable bonds is 2. The van der Waals surface area contributed by atoms with E-state index in [0.717, 1.165) is 18.9 Å². The van der Waals surface area contributed by atoms with Gasteiger partial charge in [0.25, 0.3) is 0 Å². The fourth-order valence-electron chi connectivity index (χ4n) is 1.64. The average Bonchev–Trinajstić information content (AvgIpc) is 2.30. The highest BCUT2D eigenvalue weighted by atomic mass is 35.5. The first-order valence-corrected chi connectivity index (χ1v) is 6.92. The van der Waals surface area contributed by atoms with Crippen molar-refractivity contribution in [2.75, 3.05) is 29.5 Å². The summed E-state index contributed by atoms with van der Waals surface area (Å²) in [7, 11) is -0.700. The number of aliphatic hydroxyl groups excluding tert-OH is 1. The molecule has 1 saturated heterocycles. The second-order valence-corrected chi connectivity index (χ2v) is 5.75. The standard InChI is InChI=1S/C10H13ClN2O2S/c11-9-5-8(7-14)6-12-10(9)13-1-3-16(15)4-2-13/h5-6,14H,1-4,7H2. The number of hydrogen-bond donors (Lipinski definition) is 1. The molecule has 2 rings (SSSR count). The number of aromatic nitrogens is 1. The smallest absolute Gasteiger partial charge is 0.147 e. The predicted octanol–water partition coefficient (Wildman–Crippen LogP) is 0.796. The Labute approximate surface area is 102 Å². The summed E-state index contributed by atoms with van der Waals surface area (Å²) in [4.78, 5) is 6.27. The van der Waals surface area contributed by atoms with E-state index in [0.29, 0.717) is 22.1 Å². The molecule has 1 fully saturated rings. The molecule has 0 aliphatic carbocycles. The summed E-state index contributed by atoms with van der Waals surface area (Å²) in [5, 5.41) is 9.49. The summed E-state index contributed by atoms with van der Waals surface area (Å²) in [5.74, 6) is 2.05. The predicted molar refractivity (Wildman–Crippen MR) is 65.3 cm³/mol. The Kier molecular flexibility index (Phi) is 3.78. The average molecular weight is 261 g/mol. The van der Waals surface area contributed by atoms with Crippen molar-refractivity contribution in [3.63, 3.8) is 0 Å². The number of anilines is 1. The minimum atomic E-state index is -0.700. The van der Waals surface area contributed by atoms with Crippen LogP contribution < -0.4 is 4.90 Å². The lowest BCUT2D eigenvalue weighted by Crippen LogP contribution is -2.38. The van der Waals surface area contributed by atoms with Crippen LogP contribution in [0.5, 0.6) is 0 Å². The van der Waals surface area contributed by atoms with E-state index in [1.54, 1.807) is 12.3 Å². The highest BCUT2D eigenvalue weighted by Crippen LogP contribution is 2.24. The molecule has 1 aliphatic rings. The maximum Gasteiger partial charge on any atom is 0.147 e. The first kappa shape index (κ1) is 11.8. The van der Waals surface area contributed by atoms with E-state index in [4.69, 9.17) is 16.7 Å². The van der Waals surface area contributed by atoms with Gasteiger partial charge >= 0.3 is 0 Å². The Morgan fingerprint density at radius 2 is 2.19 bits per heavy atom. The SMILES string of the molecule is O=S1CCN(c2ncc(CO)cc2Cl)CC1. The second-order valence-electron chi connectivity index (χ2n) is 3.64. The third kappa shape index (κ3) is 2.53. The summed E-state index contributed by atoms with van der Waals surface area (Å²) in [6.45, 7) is 1.38. The Morgan fingerprint density at radius 3 is 2.75 bits per heavy atom. The molecule has 2 heterocycles. The van der Waals surface area contributed by atoms with Gasteiger partial charge in [0, 0.05) is 41.6 Å². The summed E-state index contributed by atoms with van der Waals surface area (Å²) in [6, 6.07) is 1.72. The van der Waals surface area contributed by atoms with E-state index >= 15 is 0 Å². The number of nitrogens with zero attached hydrogens (tertiary/aromatic N) is 2. The Morgan fingerprint density at radius 1 is 1.50 bits per heavy atom. The molecule has 88 valence electrons. The Balaban J connectivity index is 2.17. The van der Waals surface area contributed by atoms with Gasteiger partial charge in [-0.3, -0.25) is 4.21 Å². The van der Waals surface area contributed by atoms with E-state index in [-0.39, 0.29) is 6.61 Å². The van der Waals surface area contributed by atoms with E-state index in [9.17, 15) is 4.21 Å². The van der Waals surface area contributed by atoms with Gasteiger partial charge in [-0.1, -0.05) is 11.6 Å². The Bertz CT molecular complexity index is 404. The van der Waals surface area contributed by atoms with Crippen LogP contribution in [0, 0.1) is 0 Å². The van der Waals surface area contributed by atoms with Crippen molar-refractivity contribution >= 4 is 28.2 Å². The number of aliphatic hydroxyl groups is 1. The van der Waals surface area contributed by atoms with Crippen LogP contribution in [0.3, 0.4) is 0 Å². The quantitative estimate of drug-likeness (QED) is 0.855. The summed E-state index contributed by atoms with van der Waals surface area (Å²) in [6.07, 6.45) is 1.62. The first-order chi connectivity index (χ1) is 7.70. The molecular weight excluding hydrogens is 248 g/mol. The molecule has 1 aromatic heterocycles. The van der Waals surface area contributed by atoms with Gasteiger partial charge in [-0.25, -0.2) is 4.98 Å². The van der Waals surface area contributed by atoms with Crippen LogP contribution in [-0.4, -0.2) is 38.9 Å². The van der Waals surface area contributed by atoms with Crippen LogP contribution in [0.25, 0.3) is 0 Å². The van der Waals surface area contributed by atoms with Gasteiger partial charge in [-0.2, -0.15) is 0 Å². The van der Waals surface area contributed by atoms with Gasteiger partial charge in [0.1, 0.15) is 5.82 Å². The lowest BCUT2D eigenvalue weighted by molar-refractivity contribution is 0.281. The van der Waals surface area contributed by atoms with E-state index < -0.39 is 10.8 Å². The zero-order valence-electron chi connectivity index (χ0n) is 8.73. The third-order valence-electron chi connectivity index (χ3n) is 2.54. The molecule has 0 unspecified atom stereocenters. The van der Waals surface area contributed by atoms with Gasteiger partial charge < -0.3 is 10.0 Å². The monoisotopic (exact) mass is 260 g/mol. The van der Waals surface area contributed by atoms with E-state index in [2.05, 4.69) is 4.98 Å². The highest BCUT2D eigenvalue weighted by molar-refractivity contribution is 7.85. The van der Waals surface area contributed by atoms with Crippen molar-refractivity contribution < 1.29 is 9.32 Å². The largest absolute Gasteiger partial charge is 0.392 e. The topological polar surface area (TPSA) is 53.4 Å². The Hall–Kier alpha value is -0.650. The van der Waals surface area contributed by atoms with Gasteiger partial charge in [0.2, 0.25) is 0 Å². The maximum atomic E-state index is 11.2. The lowest BCUT2D eigenvalue weighted by Gasteiger charge is -2.28. The second kappa shape index (κ2) is 5.12. The van der Waals surface area contributed by atoms with Gasteiger partial charge in [-0.05, 0) is 11.6 Å². The highest BCUT2D eigenvalue weighted by Gasteiger charge is 2.18. The normalized spacial score (nSPS) is 17.8. The fourth-order valence-corrected chi connectivity index (χ4v) is 3.00. The van der Waals surface area contributed by atoms with Crippen molar-refractivity contribution in [2.45, 2.75) is 6.61 Å². The summed E-state index contributed by atoms with van der Waals surface area (Å²) >= 11 is 6.09. The maximum absolute atomic E-state index is 11.2. The molecule has 0 aromatic carbocycles. The molecular formula is C10H13ClN2O2S. The van der Waals surface area contributed by atoms with Gasteiger partial charge in [-0.15, -0.1) is 0 Å². The van der Waals surface area contributed by atoms with Crippen molar-refractivity contribution in [2.24, 2.45) is 0 Å².